The topological polar surface area (TPSA) is 135 Å². The van der Waals surface area contributed by atoms with E-state index in [9.17, 15) is 9.59 Å². The number of nitrogen functional groups attached to an aromatic ring is 2. The summed E-state index contributed by atoms with van der Waals surface area (Å²) in [6.45, 7) is 10.8. The second kappa shape index (κ2) is 16.1. The summed E-state index contributed by atoms with van der Waals surface area (Å²) in [6.07, 6.45) is 3.40. The molecule has 2 bridgehead atoms. The lowest BCUT2D eigenvalue weighted by molar-refractivity contribution is 0.0737. The first kappa shape index (κ1) is 33.6. The molecule has 2 aromatic carbocycles. The average Bonchev–Trinajstić information content (AvgIpc) is 2.99. The highest BCUT2D eigenvalue weighted by molar-refractivity contribution is 6.34. The Morgan fingerprint density at radius 2 is 1.50 bits per heavy atom. The van der Waals surface area contributed by atoms with Gasteiger partial charge in [-0.1, -0.05) is 37.0 Å². The summed E-state index contributed by atoms with van der Waals surface area (Å²) in [6, 6.07) is 6.50. The number of hydrogen-bond acceptors (Lipinski definition) is 8. The van der Waals surface area contributed by atoms with Crippen molar-refractivity contribution in [2.45, 2.75) is 39.2 Å². The van der Waals surface area contributed by atoms with Crippen molar-refractivity contribution in [2.24, 2.45) is 5.92 Å². The van der Waals surface area contributed by atoms with Crippen molar-refractivity contribution in [2.75, 3.05) is 71.5 Å². The van der Waals surface area contributed by atoms with Crippen LogP contribution in [-0.4, -0.2) is 87.7 Å². The molecule has 2 fully saturated rings. The highest BCUT2D eigenvalue weighted by atomic mass is 35.5. The van der Waals surface area contributed by atoms with Crippen molar-refractivity contribution in [1.29, 1.82) is 0 Å². The number of rotatable bonds is 10. The number of amides is 2. The van der Waals surface area contributed by atoms with Crippen LogP contribution >= 0.6 is 23.2 Å². The van der Waals surface area contributed by atoms with Gasteiger partial charge >= 0.3 is 0 Å². The number of nitrogens with two attached hydrogens (primary N) is 2. The Balaban J connectivity index is 0.000000232. The number of ether oxygens (including phenoxy) is 2. The molecule has 6 N–H and O–H groups in total. The Hall–Kier alpha value is -2.92. The lowest BCUT2D eigenvalue weighted by atomic mass is 9.85. The molecule has 2 aliphatic rings. The fourth-order valence-corrected chi connectivity index (χ4v) is 5.74. The molecule has 4 rings (SSSR count). The molecular weight excluding hydrogens is 579 g/mol. The highest BCUT2D eigenvalue weighted by Gasteiger charge is 2.33. The van der Waals surface area contributed by atoms with Gasteiger partial charge in [-0.15, -0.1) is 0 Å². The molecule has 10 nitrogen and oxygen atoms in total. The van der Waals surface area contributed by atoms with Gasteiger partial charge in [-0.3, -0.25) is 9.59 Å². The van der Waals surface area contributed by atoms with Gasteiger partial charge in [0.05, 0.1) is 46.8 Å². The van der Waals surface area contributed by atoms with Crippen LogP contribution in [0.2, 0.25) is 10.0 Å². The number of anilines is 2. The summed E-state index contributed by atoms with van der Waals surface area (Å²) in [7, 11) is 3.02. The highest BCUT2D eigenvalue weighted by Crippen LogP contribution is 2.31. The average molecular weight is 624 g/mol. The summed E-state index contributed by atoms with van der Waals surface area (Å²) < 4.78 is 10.4. The number of methoxy groups -OCH3 is 2. The second-order valence-electron chi connectivity index (χ2n) is 10.5. The molecule has 3 atom stereocenters. The smallest absolute Gasteiger partial charge is 0.255 e. The second-order valence-corrected chi connectivity index (χ2v) is 11.3. The van der Waals surface area contributed by atoms with Gasteiger partial charge in [-0.2, -0.15) is 0 Å². The van der Waals surface area contributed by atoms with E-state index < -0.39 is 0 Å². The molecule has 2 aromatic rings. The molecule has 0 saturated carbocycles. The number of nitrogens with zero attached hydrogens (tertiary/aromatic N) is 2. The van der Waals surface area contributed by atoms with Crippen molar-refractivity contribution >= 4 is 46.4 Å². The van der Waals surface area contributed by atoms with E-state index in [-0.39, 0.29) is 17.9 Å². The number of halogens is 2. The molecule has 42 heavy (non-hydrogen) atoms. The first-order valence-corrected chi connectivity index (χ1v) is 15.2. The van der Waals surface area contributed by atoms with E-state index in [1.165, 1.54) is 39.7 Å². The van der Waals surface area contributed by atoms with Crippen LogP contribution in [0.25, 0.3) is 0 Å². The van der Waals surface area contributed by atoms with Gasteiger partial charge in [0.15, 0.2) is 0 Å². The van der Waals surface area contributed by atoms with Crippen molar-refractivity contribution in [1.82, 2.24) is 20.4 Å². The molecule has 2 amide bonds. The number of carbonyl (C=O) groups excluding carboxylic acids is 2. The van der Waals surface area contributed by atoms with Crippen molar-refractivity contribution < 1.29 is 19.1 Å². The summed E-state index contributed by atoms with van der Waals surface area (Å²) in [5.74, 6) is 1.08. The van der Waals surface area contributed by atoms with E-state index in [0.717, 1.165) is 39.1 Å². The first-order valence-electron chi connectivity index (χ1n) is 14.4. The number of benzene rings is 2. The molecule has 0 spiro atoms. The van der Waals surface area contributed by atoms with Gasteiger partial charge in [0.2, 0.25) is 0 Å². The van der Waals surface area contributed by atoms with Crippen LogP contribution in [0.15, 0.2) is 24.3 Å². The molecule has 0 aromatic heterocycles. The predicted octanol–water partition coefficient (Wildman–Crippen LogP) is 4.15. The summed E-state index contributed by atoms with van der Waals surface area (Å²) in [4.78, 5) is 29.5. The zero-order valence-electron chi connectivity index (χ0n) is 25.0. The number of likely N-dealkylation sites (N-methyl/N-ethyl adjacent to an activating group) is 1. The number of carbonyl (C=O) groups is 2. The van der Waals surface area contributed by atoms with Crippen molar-refractivity contribution in [3.05, 3.63) is 45.4 Å². The van der Waals surface area contributed by atoms with E-state index in [1.54, 1.807) is 18.2 Å². The molecule has 2 saturated heterocycles. The largest absolute Gasteiger partial charge is 0.496 e. The van der Waals surface area contributed by atoms with Crippen LogP contribution in [-0.2, 0) is 0 Å². The number of hydrogen-bond donors (Lipinski definition) is 4. The number of piperidine rings is 2. The lowest BCUT2D eigenvalue weighted by Crippen LogP contribution is -2.53. The maximum Gasteiger partial charge on any atom is 0.255 e. The quantitative estimate of drug-likeness (QED) is 0.290. The van der Waals surface area contributed by atoms with Gasteiger partial charge in [-0.05, 0) is 56.9 Å². The summed E-state index contributed by atoms with van der Waals surface area (Å²) in [5.41, 5.74) is 13.1. The molecule has 0 radical (unpaired) electrons. The van der Waals surface area contributed by atoms with Gasteiger partial charge in [0.1, 0.15) is 11.5 Å². The van der Waals surface area contributed by atoms with E-state index in [0.29, 0.717) is 56.5 Å². The van der Waals surface area contributed by atoms with E-state index >= 15 is 0 Å². The fraction of sp³-hybridized carbons (Fsp3) is 0.533. The predicted molar refractivity (Wildman–Crippen MR) is 170 cm³/mol. The maximum atomic E-state index is 12.6. The van der Waals surface area contributed by atoms with Gasteiger partial charge < -0.3 is 41.4 Å². The van der Waals surface area contributed by atoms with E-state index in [4.69, 9.17) is 44.1 Å². The Morgan fingerprint density at radius 1 is 0.929 bits per heavy atom. The van der Waals surface area contributed by atoms with E-state index in [2.05, 4.69) is 34.3 Å². The summed E-state index contributed by atoms with van der Waals surface area (Å²) in [5, 5.41) is 6.75. The van der Waals surface area contributed by atoms with Crippen LogP contribution in [0, 0.1) is 5.92 Å². The molecule has 0 unspecified atom stereocenters. The molecule has 12 heteroatoms. The van der Waals surface area contributed by atoms with Crippen molar-refractivity contribution in [3.63, 3.8) is 0 Å². The van der Waals surface area contributed by atoms with Crippen LogP contribution in [0.1, 0.15) is 53.8 Å². The van der Waals surface area contributed by atoms with Gasteiger partial charge in [0, 0.05) is 44.4 Å². The van der Waals surface area contributed by atoms with Gasteiger partial charge in [0.25, 0.3) is 11.8 Å². The normalized spacial score (nSPS) is 19.4. The number of nitrogens with one attached hydrogen (secondary N) is 2. The minimum absolute atomic E-state index is 0.136. The fourth-order valence-electron chi connectivity index (χ4n) is 5.41. The zero-order valence-corrected chi connectivity index (χ0v) is 26.5. The Bertz CT molecular complexity index is 1230. The first-order chi connectivity index (χ1) is 20.1. The monoisotopic (exact) mass is 622 g/mol. The Kier molecular flexibility index (Phi) is 12.8. The standard InChI is InChI=1S/C16H22ClN3O2.C14H22ClN3O2/c1-22-15-8-13(18)12(17)7-11(15)16(21)19-14-4-6-20-5-2-3-10(14)9-20;1-4-18(5-2)7-6-17-14(19)10-8-11(15)12(16)9-13(10)20-3/h7-8,10,14H,2-6,9,18H2,1H3,(H,19,21);8-9H,4-7,16H2,1-3H3,(H,17,19)/t10-,14+;/m0./s1. The van der Waals surface area contributed by atoms with E-state index in [1.807, 2.05) is 0 Å². The molecule has 232 valence electrons. The van der Waals surface area contributed by atoms with Crippen LogP contribution in [0.4, 0.5) is 11.4 Å². The SMILES string of the molecule is CCN(CC)CCNC(=O)c1cc(Cl)c(N)cc1OC.COc1cc(N)c(Cl)cc1C(=O)N[C@@H]1CC[N@]2CCC[C@H]1C2. The third kappa shape index (κ3) is 8.80. The molecule has 2 heterocycles. The molecule has 0 aliphatic carbocycles. The van der Waals surface area contributed by atoms with Crippen LogP contribution in [0.3, 0.4) is 0 Å². The zero-order chi connectivity index (χ0) is 30.8. The summed E-state index contributed by atoms with van der Waals surface area (Å²) >= 11 is 12.0. The third-order valence-corrected chi connectivity index (χ3v) is 8.57. The minimum Gasteiger partial charge on any atom is -0.496 e. The number of fused-ring (bicyclic) bond motifs is 2. The van der Waals surface area contributed by atoms with Crippen LogP contribution in [0.5, 0.6) is 11.5 Å². The molecule has 2 aliphatic heterocycles. The third-order valence-electron chi connectivity index (χ3n) is 7.92. The Labute approximate surface area is 259 Å². The molecular formula is C30H44Cl2N6O4. The van der Waals surface area contributed by atoms with Crippen molar-refractivity contribution in [3.8, 4) is 11.5 Å². The maximum absolute atomic E-state index is 12.6. The lowest BCUT2D eigenvalue weighted by Gasteiger charge is -2.42. The Morgan fingerprint density at radius 3 is 2.05 bits per heavy atom. The van der Waals surface area contributed by atoms with Gasteiger partial charge in [-0.25, -0.2) is 0 Å². The minimum atomic E-state index is -0.212. The van der Waals surface area contributed by atoms with Crippen LogP contribution < -0.4 is 31.6 Å².